The van der Waals surface area contributed by atoms with Gasteiger partial charge in [-0.1, -0.05) is 0 Å². The third-order valence-electron chi connectivity index (χ3n) is 2.63. The maximum Gasteiger partial charge on any atom is 0.0967 e. The van der Waals surface area contributed by atoms with E-state index < -0.39 is 0 Å². The van der Waals surface area contributed by atoms with Crippen LogP contribution in [0.25, 0.3) is 0 Å². The van der Waals surface area contributed by atoms with E-state index >= 15 is 0 Å². The highest BCUT2D eigenvalue weighted by Crippen LogP contribution is 2.25. The molecule has 1 unspecified atom stereocenters. The highest BCUT2D eigenvalue weighted by molar-refractivity contribution is 4.92. The van der Waals surface area contributed by atoms with Gasteiger partial charge in [-0.25, -0.2) is 0 Å². The van der Waals surface area contributed by atoms with Crippen LogP contribution in [0.1, 0.15) is 33.1 Å². The van der Waals surface area contributed by atoms with Crippen molar-refractivity contribution in [2.75, 3.05) is 13.6 Å². The zero-order valence-corrected chi connectivity index (χ0v) is 9.45. The fourth-order valence-corrected chi connectivity index (χ4v) is 1.62. The van der Waals surface area contributed by atoms with Gasteiger partial charge in [0.15, 0.2) is 0 Å². The first-order valence-electron chi connectivity index (χ1n) is 5.49. The Kier molecular flexibility index (Phi) is 4.37. The zero-order valence-electron chi connectivity index (χ0n) is 9.45. The van der Waals surface area contributed by atoms with Gasteiger partial charge >= 0.3 is 0 Å². The molecule has 0 aromatic rings. The number of nitrogens with zero attached hydrogens (tertiary/aromatic N) is 2. The number of nitriles is 1. The smallest absolute Gasteiger partial charge is 0.0967 e. The molecule has 3 nitrogen and oxygen atoms in total. The molecule has 1 aliphatic carbocycles. The second kappa shape index (κ2) is 5.33. The van der Waals surface area contributed by atoms with Crippen molar-refractivity contribution in [3.63, 3.8) is 0 Å². The summed E-state index contributed by atoms with van der Waals surface area (Å²) in [5.41, 5.74) is 0. The normalized spacial score (nSPS) is 18.6. The maximum absolute atomic E-state index is 8.91. The topological polar surface area (TPSA) is 39.1 Å². The quantitative estimate of drug-likeness (QED) is 0.695. The summed E-state index contributed by atoms with van der Waals surface area (Å²) in [5.74, 6) is 0. The molecular weight excluding hydrogens is 174 g/mol. The van der Waals surface area contributed by atoms with Gasteiger partial charge in [-0.3, -0.25) is 5.32 Å². The molecule has 0 radical (unpaired) electrons. The molecule has 0 spiro atoms. The van der Waals surface area contributed by atoms with Gasteiger partial charge in [0.2, 0.25) is 0 Å². The van der Waals surface area contributed by atoms with E-state index in [4.69, 9.17) is 5.26 Å². The van der Waals surface area contributed by atoms with E-state index in [9.17, 15) is 0 Å². The van der Waals surface area contributed by atoms with Crippen LogP contribution in [0.5, 0.6) is 0 Å². The molecule has 0 bridgehead atoms. The minimum atomic E-state index is 0.0104. The first-order valence-corrected chi connectivity index (χ1v) is 5.49. The van der Waals surface area contributed by atoms with Gasteiger partial charge in [0, 0.05) is 18.6 Å². The Bertz CT molecular complexity index is 203. The van der Waals surface area contributed by atoms with Gasteiger partial charge in [0.1, 0.15) is 0 Å². The van der Waals surface area contributed by atoms with Crippen LogP contribution in [0.2, 0.25) is 0 Å². The monoisotopic (exact) mass is 195 g/mol. The van der Waals surface area contributed by atoms with Crippen molar-refractivity contribution in [2.45, 2.75) is 51.2 Å². The van der Waals surface area contributed by atoms with Gasteiger partial charge in [-0.05, 0) is 40.2 Å². The Hall–Kier alpha value is -0.590. The predicted molar refractivity (Wildman–Crippen MR) is 57.9 cm³/mol. The largest absolute Gasteiger partial charge is 0.303 e. The highest BCUT2D eigenvalue weighted by atomic mass is 15.2. The van der Waals surface area contributed by atoms with E-state index in [0.29, 0.717) is 6.04 Å². The molecule has 1 fully saturated rings. The van der Waals surface area contributed by atoms with E-state index in [-0.39, 0.29) is 6.04 Å². The molecular formula is C11H21N3. The number of rotatable bonds is 6. The summed E-state index contributed by atoms with van der Waals surface area (Å²) in [6.45, 7) is 5.19. The summed E-state index contributed by atoms with van der Waals surface area (Å²) < 4.78 is 0. The summed E-state index contributed by atoms with van der Waals surface area (Å²) in [6.07, 6.45) is 3.61. The van der Waals surface area contributed by atoms with Crippen LogP contribution in [-0.2, 0) is 0 Å². The van der Waals surface area contributed by atoms with Crippen molar-refractivity contribution >= 4 is 0 Å². The Morgan fingerprint density at radius 1 is 1.50 bits per heavy atom. The molecule has 0 heterocycles. The lowest BCUT2D eigenvalue weighted by molar-refractivity contribution is 0.305. The standard InChI is InChI=1S/C11H21N3/c1-9(2)13-10(8-12)6-7-14(3)11-4-5-11/h9-11,13H,4-7H2,1-3H3. The van der Waals surface area contributed by atoms with Gasteiger partial charge < -0.3 is 4.90 Å². The van der Waals surface area contributed by atoms with E-state index in [0.717, 1.165) is 19.0 Å². The molecule has 0 aliphatic heterocycles. The molecule has 1 aliphatic rings. The van der Waals surface area contributed by atoms with E-state index in [2.05, 4.69) is 37.2 Å². The Labute approximate surface area is 87.1 Å². The molecule has 80 valence electrons. The van der Waals surface area contributed by atoms with Gasteiger partial charge in [0.25, 0.3) is 0 Å². The number of hydrogen-bond acceptors (Lipinski definition) is 3. The van der Waals surface area contributed by atoms with Crippen LogP contribution in [0.15, 0.2) is 0 Å². The van der Waals surface area contributed by atoms with E-state index in [1.54, 1.807) is 0 Å². The average molecular weight is 195 g/mol. The fraction of sp³-hybridized carbons (Fsp3) is 0.909. The van der Waals surface area contributed by atoms with Crippen LogP contribution < -0.4 is 5.32 Å². The van der Waals surface area contributed by atoms with Crippen molar-refractivity contribution in [2.24, 2.45) is 0 Å². The number of nitrogens with one attached hydrogen (secondary N) is 1. The summed E-state index contributed by atoms with van der Waals surface area (Å²) in [5, 5.41) is 12.2. The Balaban J connectivity index is 2.16. The van der Waals surface area contributed by atoms with Crippen LogP contribution in [-0.4, -0.2) is 36.6 Å². The van der Waals surface area contributed by atoms with Crippen molar-refractivity contribution in [3.05, 3.63) is 0 Å². The summed E-state index contributed by atoms with van der Waals surface area (Å²) in [7, 11) is 2.15. The predicted octanol–water partition coefficient (Wildman–Crippen LogP) is 1.36. The molecule has 1 atom stereocenters. The summed E-state index contributed by atoms with van der Waals surface area (Å²) >= 11 is 0. The average Bonchev–Trinajstić information content (AvgIpc) is 2.93. The summed E-state index contributed by atoms with van der Waals surface area (Å²) in [6, 6.07) is 3.51. The molecule has 0 saturated heterocycles. The molecule has 0 aromatic heterocycles. The molecule has 1 rings (SSSR count). The minimum absolute atomic E-state index is 0.0104. The first kappa shape index (κ1) is 11.5. The van der Waals surface area contributed by atoms with Crippen LogP contribution in [0, 0.1) is 11.3 Å². The lowest BCUT2D eigenvalue weighted by Crippen LogP contribution is -2.36. The Morgan fingerprint density at radius 2 is 2.14 bits per heavy atom. The van der Waals surface area contributed by atoms with Crippen molar-refractivity contribution in [3.8, 4) is 6.07 Å². The molecule has 1 saturated carbocycles. The lowest BCUT2D eigenvalue weighted by Gasteiger charge is -2.19. The van der Waals surface area contributed by atoms with Crippen molar-refractivity contribution < 1.29 is 0 Å². The van der Waals surface area contributed by atoms with Gasteiger partial charge in [0.05, 0.1) is 12.1 Å². The summed E-state index contributed by atoms with van der Waals surface area (Å²) in [4.78, 5) is 2.37. The second-order valence-corrected chi connectivity index (χ2v) is 4.50. The van der Waals surface area contributed by atoms with Crippen LogP contribution in [0.3, 0.4) is 0 Å². The third-order valence-corrected chi connectivity index (χ3v) is 2.63. The maximum atomic E-state index is 8.91. The molecule has 0 amide bonds. The minimum Gasteiger partial charge on any atom is -0.303 e. The SMILES string of the molecule is CC(C)NC(C#N)CCN(C)C1CC1. The van der Waals surface area contributed by atoms with E-state index in [1.165, 1.54) is 12.8 Å². The lowest BCUT2D eigenvalue weighted by atomic mass is 10.2. The molecule has 1 N–H and O–H groups in total. The third kappa shape index (κ3) is 4.08. The highest BCUT2D eigenvalue weighted by Gasteiger charge is 2.26. The van der Waals surface area contributed by atoms with Gasteiger partial charge in [-0.2, -0.15) is 5.26 Å². The Morgan fingerprint density at radius 3 is 2.57 bits per heavy atom. The number of hydrogen-bond donors (Lipinski definition) is 1. The zero-order chi connectivity index (χ0) is 10.6. The van der Waals surface area contributed by atoms with E-state index in [1.807, 2.05) is 0 Å². The van der Waals surface area contributed by atoms with Crippen LogP contribution in [0.4, 0.5) is 0 Å². The van der Waals surface area contributed by atoms with Gasteiger partial charge in [-0.15, -0.1) is 0 Å². The fourth-order valence-electron chi connectivity index (χ4n) is 1.62. The van der Waals surface area contributed by atoms with Crippen LogP contribution >= 0.6 is 0 Å². The molecule has 3 heteroatoms. The van der Waals surface area contributed by atoms with Crippen molar-refractivity contribution in [1.29, 1.82) is 5.26 Å². The van der Waals surface area contributed by atoms with Crippen molar-refractivity contribution in [1.82, 2.24) is 10.2 Å². The second-order valence-electron chi connectivity index (χ2n) is 4.50. The molecule has 0 aromatic carbocycles. The molecule has 14 heavy (non-hydrogen) atoms. The first-order chi connectivity index (χ1) is 6.63.